The summed E-state index contributed by atoms with van der Waals surface area (Å²) in [7, 11) is -3.62. The van der Waals surface area contributed by atoms with Gasteiger partial charge in [-0.3, -0.25) is 10.3 Å². The molecule has 1 aromatic rings. The van der Waals surface area contributed by atoms with Gasteiger partial charge in [-0.2, -0.15) is 5.26 Å². The zero-order valence-electron chi connectivity index (χ0n) is 11.0. The van der Waals surface area contributed by atoms with Crippen LogP contribution >= 0.6 is 11.6 Å². The average molecular weight is 313 g/mol. The number of benzene rings is 1. The molecule has 0 atom stereocenters. The number of nitrogens with one attached hydrogen (secondary N) is 1. The third kappa shape index (κ3) is 3.12. The van der Waals surface area contributed by atoms with Crippen LogP contribution in [0.3, 0.4) is 0 Å². The highest BCUT2D eigenvalue weighted by Crippen LogP contribution is 2.25. The van der Waals surface area contributed by atoms with E-state index in [2.05, 4.69) is 5.48 Å². The number of hydrogen-bond donors (Lipinski definition) is 1. The highest BCUT2D eigenvalue weighted by atomic mass is 35.5. The van der Waals surface area contributed by atoms with Crippen molar-refractivity contribution in [1.82, 2.24) is 5.48 Å². The monoisotopic (exact) mass is 312 g/mol. The van der Waals surface area contributed by atoms with Crippen LogP contribution in [0.2, 0.25) is 5.02 Å². The number of rotatable bonds is 3. The lowest BCUT2D eigenvalue weighted by molar-refractivity contribution is -0.0129. The normalized spacial score (nSPS) is 17.2. The van der Waals surface area contributed by atoms with Crippen LogP contribution in [0.25, 0.3) is 0 Å². The van der Waals surface area contributed by atoms with Crippen molar-refractivity contribution < 1.29 is 13.3 Å². The summed E-state index contributed by atoms with van der Waals surface area (Å²) in [5.74, 6) is -0.311. The third-order valence-electron chi connectivity index (χ3n) is 2.76. The van der Waals surface area contributed by atoms with Crippen LogP contribution < -0.4 is 5.48 Å². The van der Waals surface area contributed by atoms with Gasteiger partial charge in [-0.1, -0.05) is 11.6 Å². The van der Waals surface area contributed by atoms with Crippen LogP contribution in [0.5, 0.6) is 0 Å². The molecular formula is C13H13ClN2O3S. The number of sulfone groups is 1. The van der Waals surface area contributed by atoms with Gasteiger partial charge in [0.2, 0.25) is 0 Å². The van der Waals surface area contributed by atoms with E-state index in [1.54, 1.807) is 19.9 Å². The van der Waals surface area contributed by atoms with Crippen LogP contribution in [-0.4, -0.2) is 14.0 Å². The smallest absolute Gasteiger partial charge is 0.199 e. The van der Waals surface area contributed by atoms with Gasteiger partial charge in [-0.15, -0.1) is 0 Å². The first-order valence-electron chi connectivity index (χ1n) is 5.82. The van der Waals surface area contributed by atoms with Crippen LogP contribution in [0, 0.1) is 11.3 Å². The molecule has 0 amide bonds. The molecule has 0 saturated heterocycles. The third-order valence-corrected chi connectivity index (χ3v) is 4.56. The molecule has 0 fully saturated rings. The summed E-state index contributed by atoms with van der Waals surface area (Å²) in [4.78, 5) is 5.14. The Balaban J connectivity index is 2.35. The Kier molecular flexibility index (Phi) is 3.78. The van der Waals surface area contributed by atoms with Gasteiger partial charge in [0, 0.05) is 5.02 Å². The molecule has 1 aromatic carbocycles. The Morgan fingerprint density at radius 2 is 2.15 bits per heavy atom. The van der Waals surface area contributed by atoms with Crippen molar-refractivity contribution in [2.45, 2.75) is 25.2 Å². The van der Waals surface area contributed by atoms with E-state index < -0.39 is 15.4 Å². The summed E-state index contributed by atoms with van der Waals surface area (Å²) in [6.07, 6.45) is 1.50. The van der Waals surface area contributed by atoms with Crippen LogP contribution in [0.15, 0.2) is 29.3 Å². The van der Waals surface area contributed by atoms with Crippen molar-refractivity contribution >= 4 is 21.4 Å². The second-order valence-electron chi connectivity index (χ2n) is 4.99. The summed E-state index contributed by atoms with van der Waals surface area (Å²) >= 11 is 5.85. The summed E-state index contributed by atoms with van der Waals surface area (Å²) < 4.78 is 24.6. The predicted molar refractivity (Wildman–Crippen MR) is 75.2 cm³/mol. The van der Waals surface area contributed by atoms with Crippen molar-refractivity contribution in [3.05, 3.63) is 45.5 Å². The van der Waals surface area contributed by atoms with Gasteiger partial charge in [-0.25, -0.2) is 8.42 Å². The zero-order valence-corrected chi connectivity index (χ0v) is 12.5. The lowest BCUT2D eigenvalue weighted by Gasteiger charge is -2.11. The van der Waals surface area contributed by atoms with Gasteiger partial charge in [0.15, 0.2) is 14.9 Å². The van der Waals surface area contributed by atoms with E-state index in [1.807, 2.05) is 6.07 Å². The number of nitriles is 1. The molecule has 5 nitrogen and oxygen atoms in total. The second kappa shape index (κ2) is 5.09. The lowest BCUT2D eigenvalue weighted by atomic mass is 10.1. The largest absolute Gasteiger partial charge is 0.265 e. The Morgan fingerprint density at radius 1 is 1.45 bits per heavy atom. The fourth-order valence-corrected chi connectivity index (χ4v) is 3.41. The molecule has 0 unspecified atom stereocenters. The van der Waals surface area contributed by atoms with E-state index in [4.69, 9.17) is 21.7 Å². The summed E-state index contributed by atoms with van der Waals surface area (Å²) in [5.41, 5.74) is 2.39. The maximum absolute atomic E-state index is 12.3. The number of nitrogens with zero attached hydrogens (tertiary/aromatic N) is 1. The van der Waals surface area contributed by atoms with Crippen molar-refractivity contribution in [2.24, 2.45) is 0 Å². The molecule has 0 radical (unpaired) electrons. The highest BCUT2D eigenvalue weighted by molar-refractivity contribution is 7.94. The standard InChI is InChI=1S/C13H13ClN2O3S/c1-13(2)6-12(16-19-13)20(17,18)8-10-5-11(14)4-3-9(10)7-15/h3-6,16H,8H2,1-2H3. The van der Waals surface area contributed by atoms with Gasteiger partial charge in [0.25, 0.3) is 0 Å². The van der Waals surface area contributed by atoms with Gasteiger partial charge in [0.1, 0.15) is 5.60 Å². The molecule has 0 aromatic heterocycles. The molecule has 0 spiro atoms. The molecule has 1 aliphatic heterocycles. The van der Waals surface area contributed by atoms with E-state index in [-0.39, 0.29) is 16.3 Å². The fourth-order valence-electron chi connectivity index (χ4n) is 1.78. The summed E-state index contributed by atoms with van der Waals surface area (Å²) in [6, 6.07) is 6.50. The number of hydrogen-bond acceptors (Lipinski definition) is 5. The number of halogens is 1. The molecule has 106 valence electrons. The fraction of sp³-hybridized carbons (Fsp3) is 0.308. The maximum atomic E-state index is 12.3. The maximum Gasteiger partial charge on any atom is 0.199 e. The minimum Gasteiger partial charge on any atom is -0.265 e. The molecule has 0 saturated carbocycles. The van der Waals surface area contributed by atoms with Gasteiger partial charge < -0.3 is 0 Å². The van der Waals surface area contributed by atoms with Crippen molar-refractivity contribution in [3.63, 3.8) is 0 Å². The Morgan fingerprint density at radius 3 is 2.70 bits per heavy atom. The van der Waals surface area contributed by atoms with Gasteiger partial charge >= 0.3 is 0 Å². The average Bonchev–Trinajstić information content (AvgIpc) is 2.70. The molecule has 0 aliphatic carbocycles. The van der Waals surface area contributed by atoms with E-state index in [0.29, 0.717) is 10.6 Å². The van der Waals surface area contributed by atoms with Crippen molar-refractivity contribution in [1.29, 1.82) is 5.26 Å². The van der Waals surface area contributed by atoms with Crippen LogP contribution in [0.4, 0.5) is 0 Å². The minimum atomic E-state index is -3.62. The lowest BCUT2D eigenvalue weighted by Crippen LogP contribution is -2.22. The second-order valence-corrected chi connectivity index (χ2v) is 7.38. The summed E-state index contributed by atoms with van der Waals surface area (Å²) in [6.45, 7) is 3.48. The molecule has 1 aliphatic rings. The molecule has 20 heavy (non-hydrogen) atoms. The van der Waals surface area contributed by atoms with E-state index in [9.17, 15) is 8.42 Å². The van der Waals surface area contributed by atoms with Crippen LogP contribution in [-0.2, 0) is 20.4 Å². The topological polar surface area (TPSA) is 79.2 Å². The molecule has 2 rings (SSSR count). The van der Waals surface area contributed by atoms with Gasteiger partial charge in [0.05, 0.1) is 17.4 Å². The zero-order chi connectivity index (χ0) is 15.0. The highest BCUT2D eigenvalue weighted by Gasteiger charge is 2.31. The Hall–Kier alpha value is -1.55. The number of hydroxylamine groups is 1. The van der Waals surface area contributed by atoms with Crippen molar-refractivity contribution in [2.75, 3.05) is 0 Å². The van der Waals surface area contributed by atoms with Gasteiger partial charge in [-0.05, 0) is 43.7 Å². The summed E-state index contributed by atoms with van der Waals surface area (Å²) in [5, 5.41) is 9.41. The van der Waals surface area contributed by atoms with Crippen molar-refractivity contribution in [3.8, 4) is 6.07 Å². The quantitative estimate of drug-likeness (QED) is 0.926. The molecule has 1 heterocycles. The first-order valence-corrected chi connectivity index (χ1v) is 7.85. The first-order chi connectivity index (χ1) is 9.23. The SMILES string of the molecule is CC1(C)C=C(S(=O)(=O)Cc2cc(Cl)ccc2C#N)NO1. The minimum absolute atomic E-state index is 0.00589. The predicted octanol–water partition coefficient (Wildman–Crippen LogP) is 2.28. The van der Waals surface area contributed by atoms with E-state index in [0.717, 1.165) is 0 Å². The molecule has 1 N–H and O–H groups in total. The molecule has 7 heteroatoms. The van der Waals surface area contributed by atoms with E-state index in [1.165, 1.54) is 18.2 Å². The Bertz CT molecular complexity index is 718. The molecular weight excluding hydrogens is 300 g/mol. The van der Waals surface area contributed by atoms with Crippen LogP contribution in [0.1, 0.15) is 25.0 Å². The first kappa shape index (κ1) is 14.9. The Labute approximate surface area is 122 Å². The van der Waals surface area contributed by atoms with E-state index >= 15 is 0 Å². The molecule has 0 bridgehead atoms.